The summed E-state index contributed by atoms with van der Waals surface area (Å²) in [6.45, 7) is 1.51. The van der Waals surface area contributed by atoms with Gasteiger partial charge in [-0.3, -0.25) is 0 Å². The van der Waals surface area contributed by atoms with Crippen molar-refractivity contribution in [2.24, 2.45) is 5.73 Å². The second-order valence-corrected chi connectivity index (χ2v) is 5.95. The summed E-state index contributed by atoms with van der Waals surface area (Å²) in [4.78, 5) is 1.31. The number of hydrogen-bond donors (Lipinski definition) is 1. The molecule has 2 N–H and O–H groups in total. The molecule has 94 valence electrons. The quantitative estimate of drug-likeness (QED) is 0.623. The molecule has 0 unspecified atom stereocenters. The Balaban J connectivity index is 1.58. The maximum absolute atomic E-state index is 6.22. The summed E-state index contributed by atoms with van der Waals surface area (Å²) >= 11 is 1.84. The SMILES string of the molecule is NC1(COCCSc2ccccc2)CCCC1. The van der Waals surface area contributed by atoms with Gasteiger partial charge in [-0.2, -0.15) is 0 Å². The summed E-state index contributed by atoms with van der Waals surface area (Å²) in [5.74, 6) is 1.00. The summed E-state index contributed by atoms with van der Waals surface area (Å²) in [6, 6.07) is 10.4. The largest absolute Gasteiger partial charge is 0.379 e. The zero-order chi connectivity index (χ0) is 12.0. The first-order valence-electron chi connectivity index (χ1n) is 6.33. The Morgan fingerprint density at radius 2 is 1.88 bits per heavy atom. The van der Waals surface area contributed by atoms with E-state index < -0.39 is 0 Å². The molecule has 1 fully saturated rings. The normalized spacial score (nSPS) is 18.4. The summed E-state index contributed by atoms with van der Waals surface area (Å²) in [6.07, 6.45) is 4.77. The van der Waals surface area contributed by atoms with Gasteiger partial charge in [0.05, 0.1) is 13.2 Å². The van der Waals surface area contributed by atoms with Crippen LogP contribution in [0.2, 0.25) is 0 Å². The molecule has 17 heavy (non-hydrogen) atoms. The van der Waals surface area contributed by atoms with Crippen LogP contribution in [0.5, 0.6) is 0 Å². The van der Waals surface area contributed by atoms with Crippen molar-refractivity contribution in [2.45, 2.75) is 36.1 Å². The smallest absolute Gasteiger partial charge is 0.0646 e. The summed E-state index contributed by atoms with van der Waals surface area (Å²) in [5, 5.41) is 0. The first-order chi connectivity index (χ1) is 8.29. The Morgan fingerprint density at radius 1 is 1.18 bits per heavy atom. The number of benzene rings is 1. The van der Waals surface area contributed by atoms with E-state index in [0.29, 0.717) is 0 Å². The topological polar surface area (TPSA) is 35.2 Å². The average molecular weight is 251 g/mol. The van der Waals surface area contributed by atoms with Crippen molar-refractivity contribution in [2.75, 3.05) is 19.0 Å². The highest BCUT2D eigenvalue weighted by Crippen LogP contribution is 2.27. The van der Waals surface area contributed by atoms with Crippen LogP contribution in [0.1, 0.15) is 25.7 Å². The molecule has 2 rings (SSSR count). The van der Waals surface area contributed by atoms with Crippen LogP contribution < -0.4 is 5.73 Å². The van der Waals surface area contributed by atoms with E-state index in [1.807, 2.05) is 17.8 Å². The number of hydrogen-bond acceptors (Lipinski definition) is 3. The number of rotatable bonds is 6. The minimum absolute atomic E-state index is 0.0303. The third-order valence-corrected chi connectivity index (χ3v) is 4.20. The molecule has 0 saturated heterocycles. The fourth-order valence-corrected chi connectivity index (χ4v) is 3.02. The lowest BCUT2D eigenvalue weighted by Crippen LogP contribution is -2.41. The molecule has 1 saturated carbocycles. The lowest BCUT2D eigenvalue weighted by atomic mass is 10.0. The van der Waals surface area contributed by atoms with Gasteiger partial charge in [0, 0.05) is 16.2 Å². The minimum Gasteiger partial charge on any atom is -0.379 e. The zero-order valence-corrected chi connectivity index (χ0v) is 11.0. The Bertz CT molecular complexity index is 322. The van der Waals surface area contributed by atoms with E-state index in [1.165, 1.54) is 17.7 Å². The van der Waals surface area contributed by atoms with Crippen LogP contribution in [0.3, 0.4) is 0 Å². The van der Waals surface area contributed by atoms with Gasteiger partial charge in [0.25, 0.3) is 0 Å². The molecule has 0 aliphatic heterocycles. The van der Waals surface area contributed by atoms with Gasteiger partial charge >= 0.3 is 0 Å². The van der Waals surface area contributed by atoms with Crippen molar-refractivity contribution in [3.8, 4) is 0 Å². The molecule has 0 atom stereocenters. The second-order valence-electron chi connectivity index (χ2n) is 4.78. The Kier molecular flexibility index (Phi) is 4.89. The molecule has 1 aliphatic rings. The number of thioether (sulfide) groups is 1. The highest BCUT2D eigenvalue weighted by Gasteiger charge is 2.29. The molecule has 0 radical (unpaired) electrons. The van der Waals surface area contributed by atoms with E-state index in [2.05, 4.69) is 24.3 Å². The maximum atomic E-state index is 6.22. The fourth-order valence-electron chi connectivity index (χ4n) is 2.23. The molecular weight excluding hydrogens is 230 g/mol. The van der Waals surface area contributed by atoms with Gasteiger partial charge in [-0.15, -0.1) is 11.8 Å². The molecular formula is C14H21NOS. The standard InChI is InChI=1S/C14H21NOS/c15-14(8-4-5-9-14)12-16-10-11-17-13-6-2-1-3-7-13/h1-3,6-7H,4-5,8-12,15H2. The molecule has 0 aromatic heterocycles. The third-order valence-electron chi connectivity index (χ3n) is 3.23. The zero-order valence-electron chi connectivity index (χ0n) is 10.2. The van der Waals surface area contributed by atoms with Crippen molar-refractivity contribution in [3.63, 3.8) is 0 Å². The van der Waals surface area contributed by atoms with Crippen LogP contribution >= 0.6 is 11.8 Å². The van der Waals surface area contributed by atoms with Gasteiger partial charge in [0.15, 0.2) is 0 Å². The molecule has 1 aromatic rings. The molecule has 3 heteroatoms. The van der Waals surface area contributed by atoms with Crippen molar-refractivity contribution in [1.82, 2.24) is 0 Å². The van der Waals surface area contributed by atoms with Crippen molar-refractivity contribution >= 4 is 11.8 Å². The molecule has 1 aromatic carbocycles. The van der Waals surface area contributed by atoms with E-state index in [9.17, 15) is 0 Å². The number of nitrogens with two attached hydrogens (primary N) is 1. The van der Waals surface area contributed by atoms with Gasteiger partial charge < -0.3 is 10.5 Å². The van der Waals surface area contributed by atoms with Crippen molar-refractivity contribution in [3.05, 3.63) is 30.3 Å². The maximum Gasteiger partial charge on any atom is 0.0646 e. The van der Waals surface area contributed by atoms with E-state index >= 15 is 0 Å². The molecule has 0 bridgehead atoms. The number of ether oxygens (including phenoxy) is 1. The molecule has 1 aliphatic carbocycles. The van der Waals surface area contributed by atoms with Gasteiger partial charge in [-0.25, -0.2) is 0 Å². The van der Waals surface area contributed by atoms with Crippen molar-refractivity contribution < 1.29 is 4.74 Å². The lowest BCUT2D eigenvalue weighted by Gasteiger charge is -2.22. The molecule has 0 spiro atoms. The van der Waals surface area contributed by atoms with Crippen LogP contribution in [-0.4, -0.2) is 24.5 Å². The Morgan fingerprint density at radius 3 is 2.59 bits per heavy atom. The van der Waals surface area contributed by atoms with Gasteiger partial charge in [0.1, 0.15) is 0 Å². The average Bonchev–Trinajstić information content (AvgIpc) is 2.77. The summed E-state index contributed by atoms with van der Waals surface area (Å²) in [5.41, 5.74) is 6.19. The highest BCUT2D eigenvalue weighted by molar-refractivity contribution is 7.99. The summed E-state index contributed by atoms with van der Waals surface area (Å²) in [7, 11) is 0. The highest BCUT2D eigenvalue weighted by atomic mass is 32.2. The van der Waals surface area contributed by atoms with Crippen LogP contribution in [0.25, 0.3) is 0 Å². The molecule has 2 nitrogen and oxygen atoms in total. The van der Waals surface area contributed by atoms with Crippen LogP contribution in [0.4, 0.5) is 0 Å². The monoisotopic (exact) mass is 251 g/mol. The minimum atomic E-state index is -0.0303. The summed E-state index contributed by atoms with van der Waals surface area (Å²) < 4.78 is 5.70. The lowest BCUT2D eigenvalue weighted by molar-refractivity contribution is 0.0986. The molecule has 0 heterocycles. The second kappa shape index (κ2) is 6.43. The van der Waals surface area contributed by atoms with Gasteiger partial charge in [-0.05, 0) is 25.0 Å². The van der Waals surface area contributed by atoms with Crippen LogP contribution in [0.15, 0.2) is 35.2 Å². The third kappa shape index (κ3) is 4.34. The van der Waals surface area contributed by atoms with Gasteiger partial charge in [0.2, 0.25) is 0 Å². The first kappa shape index (κ1) is 12.9. The molecule has 0 amide bonds. The fraction of sp³-hybridized carbons (Fsp3) is 0.571. The van der Waals surface area contributed by atoms with Crippen LogP contribution in [0, 0.1) is 0 Å². The Labute approximate surface area is 108 Å². The first-order valence-corrected chi connectivity index (χ1v) is 7.32. The van der Waals surface area contributed by atoms with Crippen molar-refractivity contribution in [1.29, 1.82) is 0 Å². The van der Waals surface area contributed by atoms with E-state index in [-0.39, 0.29) is 5.54 Å². The van der Waals surface area contributed by atoms with E-state index in [0.717, 1.165) is 31.8 Å². The van der Waals surface area contributed by atoms with E-state index in [1.54, 1.807) is 0 Å². The predicted octanol–water partition coefficient (Wildman–Crippen LogP) is 3.07. The van der Waals surface area contributed by atoms with Crippen LogP contribution in [-0.2, 0) is 4.74 Å². The van der Waals surface area contributed by atoms with Gasteiger partial charge in [-0.1, -0.05) is 31.0 Å². The Hall–Kier alpha value is -0.510. The van der Waals surface area contributed by atoms with E-state index in [4.69, 9.17) is 10.5 Å². The predicted molar refractivity (Wildman–Crippen MR) is 73.4 cm³/mol.